The minimum atomic E-state index is 0.558. The van der Waals surface area contributed by atoms with Gasteiger partial charge in [-0.25, -0.2) is 0 Å². The molecule has 0 radical (unpaired) electrons. The largest absolute Gasteiger partial charge is 0.462 e. The monoisotopic (exact) mass is 287 g/mol. The Morgan fingerprint density at radius 1 is 1.05 bits per heavy atom. The average molecular weight is 287 g/mol. The molecule has 0 unspecified atom stereocenters. The number of hydrogen-bond donors (Lipinski definition) is 1. The standard InChI is InChI=1S/C18H25NO2/c1-2-12-19-14-17-10-11-18(21-17)15-20-13-6-9-16-7-4-3-5-8-16/h3-5,7-8,10-11,19H,2,6,9,12-15H2,1H3. The van der Waals surface area contributed by atoms with Crippen molar-refractivity contribution in [2.75, 3.05) is 13.2 Å². The van der Waals surface area contributed by atoms with Gasteiger partial charge in [0.15, 0.2) is 0 Å². The van der Waals surface area contributed by atoms with Crippen LogP contribution in [0.4, 0.5) is 0 Å². The molecule has 1 N–H and O–H groups in total. The highest BCUT2D eigenvalue weighted by Crippen LogP contribution is 2.09. The number of nitrogens with one attached hydrogen (secondary N) is 1. The highest BCUT2D eigenvalue weighted by Gasteiger charge is 2.02. The van der Waals surface area contributed by atoms with E-state index in [2.05, 4.69) is 36.5 Å². The summed E-state index contributed by atoms with van der Waals surface area (Å²) < 4.78 is 11.4. The second-order valence-electron chi connectivity index (χ2n) is 5.19. The molecule has 2 aromatic rings. The van der Waals surface area contributed by atoms with Crippen LogP contribution in [0, 0.1) is 0 Å². The molecule has 0 aliphatic heterocycles. The van der Waals surface area contributed by atoms with E-state index in [1.165, 1.54) is 5.56 Å². The average Bonchev–Trinajstić information content (AvgIpc) is 2.96. The van der Waals surface area contributed by atoms with E-state index < -0.39 is 0 Å². The zero-order valence-electron chi connectivity index (χ0n) is 12.8. The molecule has 2 rings (SSSR count). The maximum Gasteiger partial charge on any atom is 0.129 e. The van der Waals surface area contributed by atoms with Crippen molar-refractivity contribution in [2.45, 2.75) is 39.3 Å². The summed E-state index contributed by atoms with van der Waals surface area (Å²) in [6, 6.07) is 14.5. The van der Waals surface area contributed by atoms with E-state index in [-0.39, 0.29) is 0 Å². The van der Waals surface area contributed by atoms with E-state index in [1.54, 1.807) is 0 Å². The van der Waals surface area contributed by atoms with Gasteiger partial charge < -0.3 is 14.5 Å². The molecule has 0 saturated carbocycles. The molecule has 0 saturated heterocycles. The molecule has 0 bridgehead atoms. The predicted molar refractivity (Wildman–Crippen MR) is 85.1 cm³/mol. The molecule has 0 aliphatic carbocycles. The molecule has 0 fully saturated rings. The van der Waals surface area contributed by atoms with E-state index in [0.717, 1.165) is 50.5 Å². The fourth-order valence-corrected chi connectivity index (χ4v) is 2.18. The van der Waals surface area contributed by atoms with E-state index in [9.17, 15) is 0 Å². The van der Waals surface area contributed by atoms with Crippen molar-refractivity contribution in [3.05, 3.63) is 59.5 Å². The fraction of sp³-hybridized carbons (Fsp3) is 0.444. The lowest BCUT2D eigenvalue weighted by Crippen LogP contribution is -2.13. The van der Waals surface area contributed by atoms with Crippen molar-refractivity contribution < 1.29 is 9.15 Å². The number of benzene rings is 1. The quantitative estimate of drug-likeness (QED) is 0.672. The van der Waals surface area contributed by atoms with Gasteiger partial charge in [-0.3, -0.25) is 0 Å². The topological polar surface area (TPSA) is 34.4 Å². The molecule has 1 aromatic heterocycles. The van der Waals surface area contributed by atoms with E-state index in [1.807, 2.05) is 18.2 Å². The third kappa shape index (κ3) is 6.15. The maximum atomic E-state index is 5.71. The number of furan rings is 1. The third-order valence-electron chi connectivity index (χ3n) is 3.28. The molecule has 21 heavy (non-hydrogen) atoms. The first-order chi connectivity index (χ1) is 10.4. The second kappa shape index (κ2) is 9.37. The Balaban J connectivity index is 1.58. The van der Waals surface area contributed by atoms with Crippen LogP contribution < -0.4 is 5.32 Å². The number of ether oxygens (including phenoxy) is 1. The van der Waals surface area contributed by atoms with Crippen LogP contribution in [-0.4, -0.2) is 13.2 Å². The predicted octanol–water partition coefficient (Wildman–Crippen LogP) is 3.93. The summed E-state index contributed by atoms with van der Waals surface area (Å²) in [5.41, 5.74) is 1.36. The Morgan fingerprint density at radius 3 is 2.67 bits per heavy atom. The van der Waals surface area contributed by atoms with Gasteiger partial charge in [-0.15, -0.1) is 0 Å². The Kier molecular flexibility index (Phi) is 7.05. The van der Waals surface area contributed by atoms with Gasteiger partial charge in [0.25, 0.3) is 0 Å². The molecule has 0 aliphatic rings. The number of rotatable bonds is 10. The highest BCUT2D eigenvalue weighted by molar-refractivity contribution is 5.14. The summed E-state index contributed by atoms with van der Waals surface area (Å²) in [6.07, 6.45) is 3.24. The fourth-order valence-electron chi connectivity index (χ4n) is 2.18. The van der Waals surface area contributed by atoms with Crippen molar-refractivity contribution in [3.63, 3.8) is 0 Å². The van der Waals surface area contributed by atoms with Gasteiger partial charge in [0.2, 0.25) is 0 Å². The van der Waals surface area contributed by atoms with Gasteiger partial charge in [-0.05, 0) is 43.5 Å². The Morgan fingerprint density at radius 2 is 1.86 bits per heavy atom. The van der Waals surface area contributed by atoms with Crippen LogP contribution in [-0.2, 0) is 24.3 Å². The van der Waals surface area contributed by atoms with E-state index >= 15 is 0 Å². The van der Waals surface area contributed by atoms with Crippen LogP contribution in [0.1, 0.15) is 36.8 Å². The SMILES string of the molecule is CCCNCc1ccc(COCCCc2ccccc2)o1. The van der Waals surface area contributed by atoms with Crippen molar-refractivity contribution in [1.29, 1.82) is 0 Å². The molecule has 0 spiro atoms. The van der Waals surface area contributed by atoms with Crippen molar-refractivity contribution in [3.8, 4) is 0 Å². The van der Waals surface area contributed by atoms with Crippen LogP contribution in [0.25, 0.3) is 0 Å². The maximum absolute atomic E-state index is 5.71. The summed E-state index contributed by atoms with van der Waals surface area (Å²) in [5.74, 6) is 1.88. The lowest BCUT2D eigenvalue weighted by molar-refractivity contribution is 0.103. The van der Waals surface area contributed by atoms with Gasteiger partial charge in [0, 0.05) is 6.61 Å². The zero-order chi connectivity index (χ0) is 14.8. The molecule has 1 aromatic carbocycles. The van der Waals surface area contributed by atoms with E-state index in [4.69, 9.17) is 9.15 Å². The summed E-state index contributed by atoms with van der Waals surface area (Å²) in [7, 11) is 0. The van der Waals surface area contributed by atoms with E-state index in [0.29, 0.717) is 6.61 Å². The Bertz CT molecular complexity index is 493. The van der Waals surface area contributed by atoms with Gasteiger partial charge in [0.05, 0.1) is 6.54 Å². The van der Waals surface area contributed by atoms with Crippen LogP contribution in [0.5, 0.6) is 0 Å². The summed E-state index contributed by atoms with van der Waals surface area (Å²) in [6.45, 7) is 5.29. The third-order valence-corrected chi connectivity index (χ3v) is 3.28. The molecule has 0 atom stereocenters. The first-order valence-electron chi connectivity index (χ1n) is 7.78. The minimum Gasteiger partial charge on any atom is -0.462 e. The highest BCUT2D eigenvalue weighted by atomic mass is 16.5. The van der Waals surface area contributed by atoms with Crippen LogP contribution in [0.3, 0.4) is 0 Å². The lowest BCUT2D eigenvalue weighted by atomic mass is 10.1. The van der Waals surface area contributed by atoms with Gasteiger partial charge in [-0.1, -0.05) is 37.3 Å². The molecular weight excluding hydrogens is 262 g/mol. The molecule has 114 valence electrons. The lowest BCUT2D eigenvalue weighted by Gasteiger charge is -2.03. The summed E-state index contributed by atoms with van der Waals surface area (Å²) in [4.78, 5) is 0. The Hall–Kier alpha value is -1.58. The second-order valence-corrected chi connectivity index (χ2v) is 5.19. The van der Waals surface area contributed by atoms with Gasteiger partial charge >= 0.3 is 0 Å². The van der Waals surface area contributed by atoms with Crippen molar-refractivity contribution in [2.24, 2.45) is 0 Å². The molecule has 3 heteroatoms. The van der Waals surface area contributed by atoms with Crippen LogP contribution in [0.15, 0.2) is 46.9 Å². The first-order valence-corrected chi connectivity index (χ1v) is 7.78. The van der Waals surface area contributed by atoms with Crippen LogP contribution in [0.2, 0.25) is 0 Å². The molecular formula is C18H25NO2. The first kappa shape index (κ1) is 15.8. The zero-order valence-corrected chi connectivity index (χ0v) is 12.8. The van der Waals surface area contributed by atoms with Gasteiger partial charge in [-0.2, -0.15) is 0 Å². The molecule has 1 heterocycles. The van der Waals surface area contributed by atoms with Gasteiger partial charge in [0.1, 0.15) is 18.1 Å². The van der Waals surface area contributed by atoms with Crippen molar-refractivity contribution >= 4 is 0 Å². The molecule has 3 nitrogen and oxygen atoms in total. The summed E-state index contributed by atoms with van der Waals surface area (Å²) >= 11 is 0. The summed E-state index contributed by atoms with van der Waals surface area (Å²) in [5, 5.41) is 3.32. The number of aryl methyl sites for hydroxylation is 1. The number of hydrogen-bond acceptors (Lipinski definition) is 3. The van der Waals surface area contributed by atoms with Crippen molar-refractivity contribution in [1.82, 2.24) is 5.32 Å². The smallest absolute Gasteiger partial charge is 0.129 e. The Labute approximate surface area is 127 Å². The molecule has 0 amide bonds. The van der Waals surface area contributed by atoms with Crippen LogP contribution >= 0.6 is 0 Å². The normalized spacial score (nSPS) is 10.9. The minimum absolute atomic E-state index is 0.558.